The lowest BCUT2D eigenvalue weighted by Crippen LogP contribution is -2.25. The van der Waals surface area contributed by atoms with Crippen LogP contribution in [0.2, 0.25) is 0 Å². The molecule has 0 aliphatic carbocycles. The highest BCUT2D eigenvalue weighted by Crippen LogP contribution is 2.27. The quantitative estimate of drug-likeness (QED) is 0.776. The molecule has 2 unspecified atom stereocenters. The maximum absolute atomic E-state index is 13.3. The zero-order chi connectivity index (χ0) is 13.7. The highest BCUT2D eigenvalue weighted by Gasteiger charge is 2.16. The molecular weight excluding hydrogens is 257 g/mol. The smallest absolute Gasteiger partial charge is 0.123 e. The van der Waals surface area contributed by atoms with Crippen molar-refractivity contribution in [3.05, 3.63) is 58.0 Å². The van der Waals surface area contributed by atoms with Crippen LogP contribution in [0, 0.1) is 5.82 Å². The molecule has 1 aromatic carbocycles. The molecule has 1 heterocycles. The fraction of sp³-hybridized carbons (Fsp3) is 0.375. The number of hydrogen-bond donors (Lipinski definition) is 1. The van der Waals surface area contributed by atoms with Gasteiger partial charge in [-0.15, -0.1) is 11.3 Å². The molecule has 0 aliphatic heterocycles. The van der Waals surface area contributed by atoms with Gasteiger partial charge in [0, 0.05) is 17.0 Å². The number of halogens is 1. The maximum Gasteiger partial charge on any atom is 0.123 e. The van der Waals surface area contributed by atoms with Crippen LogP contribution in [0.3, 0.4) is 0 Å². The van der Waals surface area contributed by atoms with Crippen LogP contribution < -0.4 is 5.32 Å². The third kappa shape index (κ3) is 3.64. The van der Waals surface area contributed by atoms with Crippen LogP contribution in [0.25, 0.3) is 0 Å². The molecule has 0 radical (unpaired) electrons. The molecule has 2 aromatic rings. The standard InChI is InChI=1S/C16H20FNS/c1-3-14(12-7-5-8-13(17)11-12)18-15(4-2)16-9-6-10-19-16/h5-11,14-15,18H,3-4H2,1-2H3. The summed E-state index contributed by atoms with van der Waals surface area (Å²) in [7, 11) is 0. The molecule has 2 rings (SSSR count). The van der Waals surface area contributed by atoms with Gasteiger partial charge >= 0.3 is 0 Å². The molecule has 0 saturated carbocycles. The van der Waals surface area contributed by atoms with Crippen molar-refractivity contribution in [2.45, 2.75) is 38.8 Å². The van der Waals surface area contributed by atoms with Crippen molar-refractivity contribution in [1.82, 2.24) is 5.32 Å². The van der Waals surface area contributed by atoms with Crippen LogP contribution in [-0.2, 0) is 0 Å². The van der Waals surface area contributed by atoms with E-state index in [-0.39, 0.29) is 11.9 Å². The van der Waals surface area contributed by atoms with E-state index in [9.17, 15) is 4.39 Å². The average molecular weight is 277 g/mol. The summed E-state index contributed by atoms with van der Waals surface area (Å²) in [5.41, 5.74) is 1.03. The van der Waals surface area contributed by atoms with Crippen molar-refractivity contribution < 1.29 is 4.39 Å². The highest BCUT2D eigenvalue weighted by molar-refractivity contribution is 7.10. The predicted octanol–water partition coefficient (Wildman–Crippen LogP) is 5.08. The zero-order valence-electron chi connectivity index (χ0n) is 11.4. The first kappa shape index (κ1) is 14.2. The summed E-state index contributed by atoms with van der Waals surface area (Å²) < 4.78 is 13.3. The minimum Gasteiger partial charge on any atom is -0.302 e. The average Bonchev–Trinajstić information content (AvgIpc) is 2.94. The second-order valence-electron chi connectivity index (χ2n) is 4.66. The van der Waals surface area contributed by atoms with Crippen molar-refractivity contribution in [1.29, 1.82) is 0 Å². The van der Waals surface area contributed by atoms with Crippen molar-refractivity contribution in [2.24, 2.45) is 0 Å². The summed E-state index contributed by atoms with van der Waals surface area (Å²) in [6.07, 6.45) is 1.98. The molecule has 102 valence electrons. The monoisotopic (exact) mass is 277 g/mol. The number of benzene rings is 1. The first-order valence-corrected chi connectivity index (χ1v) is 7.67. The van der Waals surface area contributed by atoms with Gasteiger partial charge in [-0.05, 0) is 42.0 Å². The summed E-state index contributed by atoms with van der Waals surface area (Å²) in [6, 6.07) is 11.7. The zero-order valence-corrected chi connectivity index (χ0v) is 12.2. The van der Waals surface area contributed by atoms with E-state index in [1.54, 1.807) is 23.5 Å². The van der Waals surface area contributed by atoms with Gasteiger partial charge < -0.3 is 5.32 Å². The topological polar surface area (TPSA) is 12.0 Å². The highest BCUT2D eigenvalue weighted by atomic mass is 32.1. The number of thiophene rings is 1. The maximum atomic E-state index is 13.3. The second kappa shape index (κ2) is 6.83. The fourth-order valence-corrected chi connectivity index (χ4v) is 3.18. The molecule has 0 aliphatic rings. The Labute approximate surface area is 118 Å². The lowest BCUT2D eigenvalue weighted by molar-refractivity contribution is 0.429. The van der Waals surface area contributed by atoms with E-state index in [1.165, 1.54) is 10.9 Å². The molecule has 0 spiro atoms. The van der Waals surface area contributed by atoms with Crippen LogP contribution >= 0.6 is 11.3 Å². The predicted molar refractivity (Wildman–Crippen MR) is 79.9 cm³/mol. The molecule has 1 aromatic heterocycles. The SMILES string of the molecule is CCC(NC(CC)c1cccs1)c1cccc(F)c1. The molecule has 3 heteroatoms. The van der Waals surface area contributed by atoms with Crippen LogP contribution in [0.4, 0.5) is 4.39 Å². The van der Waals surface area contributed by atoms with Gasteiger partial charge in [-0.2, -0.15) is 0 Å². The Bertz CT molecular complexity index is 495. The van der Waals surface area contributed by atoms with E-state index in [2.05, 4.69) is 36.7 Å². The molecule has 2 atom stereocenters. The third-order valence-corrected chi connectivity index (χ3v) is 4.34. The first-order chi connectivity index (χ1) is 9.24. The van der Waals surface area contributed by atoms with Gasteiger partial charge in [-0.3, -0.25) is 0 Å². The Hall–Kier alpha value is -1.19. The summed E-state index contributed by atoms with van der Waals surface area (Å²) >= 11 is 1.77. The van der Waals surface area contributed by atoms with Crippen molar-refractivity contribution in [3.63, 3.8) is 0 Å². The molecular formula is C16H20FNS. The minimum atomic E-state index is -0.165. The Balaban J connectivity index is 2.14. The van der Waals surface area contributed by atoms with Crippen LogP contribution in [0.5, 0.6) is 0 Å². The van der Waals surface area contributed by atoms with Crippen LogP contribution in [0.1, 0.15) is 49.2 Å². The Kier molecular flexibility index (Phi) is 5.11. The van der Waals surface area contributed by atoms with Crippen molar-refractivity contribution in [2.75, 3.05) is 0 Å². The molecule has 0 bridgehead atoms. The Morgan fingerprint density at radius 1 is 1.11 bits per heavy atom. The molecule has 19 heavy (non-hydrogen) atoms. The number of nitrogens with one attached hydrogen (secondary N) is 1. The summed E-state index contributed by atoms with van der Waals surface area (Å²) in [6.45, 7) is 4.30. The first-order valence-electron chi connectivity index (χ1n) is 6.79. The van der Waals surface area contributed by atoms with E-state index in [4.69, 9.17) is 0 Å². The van der Waals surface area contributed by atoms with Crippen molar-refractivity contribution >= 4 is 11.3 Å². The van der Waals surface area contributed by atoms with Gasteiger partial charge in [0.1, 0.15) is 5.82 Å². The second-order valence-corrected chi connectivity index (χ2v) is 5.64. The molecule has 0 fully saturated rings. The van der Waals surface area contributed by atoms with Gasteiger partial charge in [-0.1, -0.05) is 32.0 Å². The normalized spacial score (nSPS) is 14.3. The lowest BCUT2D eigenvalue weighted by Gasteiger charge is -2.24. The number of hydrogen-bond acceptors (Lipinski definition) is 2. The van der Waals surface area contributed by atoms with Gasteiger partial charge in [0.15, 0.2) is 0 Å². The van der Waals surface area contributed by atoms with Gasteiger partial charge in [0.25, 0.3) is 0 Å². The summed E-state index contributed by atoms with van der Waals surface area (Å²) in [5.74, 6) is -0.165. The fourth-order valence-electron chi connectivity index (χ4n) is 2.31. The number of rotatable bonds is 6. The molecule has 1 N–H and O–H groups in total. The summed E-state index contributed by atoms with van der Waals surface area (Å²) in [4.78, 5) is 1.34. The minimum absolute atomic E-state index is 0.165. The van der Waals surface area contributed by atoms with E-state index in [1.807, 2.05) is 6.07 Å². The van der Waals surface area contributed by atoms with E-state index in [0.29, 0.717) is 6.04 Å². The van der Waals surface area contributed by atoms with Gasteiger partial charge in [0.2, 0.25) is 0 Å². The summed E-state index contributed by atoms with van der Waals surface area (Å²) in [5, 5.41) is 5.74. The van der Waals surface area contributed by atoms with Crippen molar-refractivity contribution in [3.8, 4) is 0 Å². The van der Waals surface area contributed by atoms with Gasteiger partial charge in [0.05, 0.1) is 0 Å². The largest absolute Gasteiger partial charge is 0.302 e. The van der Waals surface area contributed by atoms with Crippen LogP contribution in [-0.4, -0.2) is 0 Å². The Morgan fingerprint density at radius 3 is 2.47 bits per heavy atom. The molecule has 0 amide bonds. The lowest BCUT2D eigenvalue weighted by atomic mass is 10.0. The van der Waals surface area contributed by atoms with E-state index >= 15 is 0 Å². The van der Waals surface area contributed by atoms with E-state index < -0.39 is 0 Å². The third-order valence-electron chi connectivity index (χ3n) is 3.36. The van der Waals surface area contributed by atoms with Gasteiger partial charge in [-0.25, -0.2) is 4.39 Å². The molecule has 0 saturated heterocycles. The van der Waals surface area contributed by atoms with E-state index in [0.717, 1.165) is 18.4 Å². The van der Waals surface area contributed by atoms with Crippen LogP contribution in [0.15, 0.2) is 41.8 Å². The Morgan fingerprint density at radius 2 is 1.89 bits per heavy atom. The molecule has 1 nitrogen and oxygen atoms in total.